The molecule has 0 aliphatic heterocycles. The topological polar surface area (TPSA) is 15.3 Å². The molecule has 1 N–H and O–H groups in total. The quantitative estimate of drug-likeness (QED) is 0.706. The summed E-state index contributed by atoms with van der Waals surface area (Å²) in [6, 6.07) is 9.49. The minimum atomic E-state index is 0.409. The predicted octanol–water partition coefficient (Wildman–Crippen LogP) is 4.44. The molecule has 2 nitrogen and oxygen atoms in total. The molecule has 1 fully saturated rings. The van der Waals surface area contributed by atoms with Crippen LogP contribution in [0.25, 0.3) is 0 Å². The van der Waals surface area contributed by atoms with Gasteiger partial charge in [-0.3, -0.25) is 0 Å². The largest absolute Gasteiger partial charge is 0.313 e. The number of benzene rings is 1. The number of nitrogens with one attached hydrogen (secondary N) is 1. The molecule has 118 valence electrons. The molecular weight excluding hydrogens is 324 g/mol. The van der Waals surface area contributed by atoms with Crippen molar-refractivity contribution in [3.05, 3.63) is 34.3 Å². The zero-order valence-corrected chi connectivity index (χ0v) is 15.2. The van der Waals surface area contributed by atoms with Gasteiger partial charge in [-0.2, -0.15) is 0 Å². The SMILES string of the molecule is CCC(CC)(CNC1CC1)CN(C)Cc1ccc(Br)cc1. The van der Waals surface area contributed by atoms with Crippen LogP contribution in [0, 0.1) is 5.41 Å². The van der Waals surface area contributed by atoms with E-state index in [0.29, 0.717) is 5.41 Å². The zero-order chi connectivity index (χ0) is 15.3. The van der Waals surface area contributed by atoms with Crippen LogP contribution in [0.3, 0.4) is 0 Å². The van der Waals surface area contributed by atoms with Crippen LogP contribution in [-0.2, 0) is 6.54 Å². The molecule has 2 rings (SSSR count). The van der Waals surface area contributed by atoms with Gasteiger partial charge in [-0.25, -0.2) is 0 Å². The Kier molecular flexibility index (Phi) is 6.27. The van der Waals surface area contributed by atoms with Crippen molar-refractivity contribution in [1.82, 2.24) is 10.2 Å². The Morgan fingerprint density at radius 3 is 2.33 bits per heavy atom. The van der Waals surface area contributed by atoms with Crippen LogP contribution >= 0.6 is 15.9 Å². The van der Waals surface area contributed by atoms with Gasteiger partial charge in [0, 0.05) is 30.1 Å². The van der Waals surface area contributed by atoms with Crippen molar-refractivity contribution < 1.29 is 0 Å². The van der Waals surface area contributed by atoms with Gasteiger partial charge in [0.15, 0.2) is 0 Å². The lowest BCUT2D eigenvalue weighted by molar-refractivity contribution is 0.150. The maximum absolute atomic E-state index is 3.74. The Balaban J connectivity index is 1.89. The lowest BCUT2D eigenvalue weighted by atomic mass is 9.81. The van der Waals surface area contributed by atoms with E-state index in [0.717, 1.165) is 30.1 Å². The van der Waals surface area contributed by atoms with E-state index in [1.165, 1.54) is 31.2 Å². The summed E-state index contributed by atoms with van der Waals surface area (Å²) in [5, 5.41) is 3.74. The standard InChI is InChI=1S/C18H29BrN2/c1-4-18(5-2,13-20-17-10-11-17)14-21(3)12-15-6-8-16(19)9-7-15/h6-9,17,20H,4-5,10-14H2,1-3H3. The van der Waals surface area contributed by atoms with Crippen LogP contribution in [0.5, 0.6) is 0 Å². The Hall–Kier alpha value is -0.380. The fourth-order valence-corrected chi connectivity index (χ4v) is 3.22. The van der Waals surface area contributed by atoms with Crippen LogP contribution in [0.4, 0.5) is 0 Å². The molecule has 0 aromatic heterocycles. The van der Waals surface area contributed by atoms with E-state index < -0.39 is 0 Å². The van der Waals surface area contributed by atoms with Gasteiger partial charge in [0.25, 0.3) is 0 Å². The van der Waals surface area contributed by atoms with Crippen molar-refractivity contribution in [2.45, 2.75) is 52.1 Å². The van der Waals surface area contributed by atoms with Crippen molar-refractivity contribution >= 4 is 15.9 Å². The highest BCUT2D eigenvalue weighted by Crippen LogP contribution is 2.29. The highest BCUT2D eigenvalue weighted by atomic mass is 79.9. The summed E-state index contributed by atoms with van der Waals surface area (Å²) in [5.41, 5.74) is 1.80. The first-order valence-electron chi connectivity index (χ1n) is 8.23. The minimum Gasteiger partial charge on any atom is -0.313 e. The molecule has 0 radical (unpaired) electrons. The first-order valence-corrected chi connectivity index (χ1v) is 9.02. The fourth-order valence-electron chi connectivity index (χ4n) is 2.96. The van der Waals surface area contributed by atoms with E-state index in [9.17, 15) is 0 Å². The smallest absolute Gasteiger partial charge is 0.0230 e. The summed E-state index contributed by atoms with van der Waals surface area (Å²) >= 11 is 3.50. The lowest BCUT2D eigenvalue weighted by Gasteiger charge is -2.36. The third kappa shape index (κ3) is 5.39. The Bertz CT molecular complexity index is 421. The molecule has 0 amide bonds. The van der Waals surface area contributed by atoms with Crippen LogP contribution in [0.15, 0.2) is 28.7 Å². The van der Waals surface area contributed by atoms with E-state index in [2.05, 4.69) is 71.3 Å². The van der Waals surface area contributed by atoms with Crippen LogP contribution in [-0.4, -0.2) is 31.1 Å². The van der Waals surface area contributed by atoms with Crippen molar-refractivity contribution in [3.63, 3.8) is 0 Å². The number of halogens is 1. The van der Waals surface area contributed by atoms with Gasteiger partial charge in [0.2, 0.25) is 0 Å². The molecule has 0 spiro atoms. The van der Waals surface area contributed by atoms with Gasteiger partial charge in [0.05, 0.1) is 0 Å². The number of rotatable bonds is 9. The summed E-state index contributed by atoms with van der Waals surface area (Å²) in [4.78, 5) is 2.48. The second kappa shape index (κ2) is 7.75. The number of nitrogens with zero attached hydrogens (tertiary/aromatic N) is 1. The minimum absolute atomic E-state index is 0.409. The summed E-state index contributed by atoms with van der Waals surface area (Å²) in [7, 11) is 2.25. The summed E-state index contributed by atoms with van der Waals surface area (Å²) < 4.78 is 1.15. The van der Waals surface area contributed by atoms with E-state index >= 15 is 0 Å². The second-order valence-corrected chi connectivity index (χ2v) is 7.58. The highest BCUT2D eigenvalue weighted by Gasteiger charge is 2.30. The van der Waals surface area contributed by atoms with Crippen molar-refractivity contribution in [2.75, 3.05) is 20.1 Å². The fraction of sp³-hybridized carbons (Fsp3) is 0.667. The lowest BCUT2D eigenvalue weighted by Crippen LogP contribution is -2.42. The maximum Gasteiger partial charge on any atom is 0.0230 e. The molecule has 1 aliphatic rings. The summed E-state index contributed by atoms with van der Waals surface area (Å²) in [6.45, 7) is 8.03. The zero-order valence-electron chi connectivity index (χ0n) is 13.7. The van der Waals surface area contributed by atoms with E-state index in [1.807, 2.05) is 0 Å². The van der Waals surface area contributed by atoms with Gasteiger partial charge in [0.1, 0.15) is 0 Å². The summed E-state index contributed by atoms with van der Waals surface area (Å²) in [5.74, 6) is 0. The van der Waals surface area contributed by atoms with Gasteiger partial charge in [-0.1, -0.05) is 41.9 Å². The molecule has 1 aromatic rings. The Morgan fingerprint density at radius 2 is 1.81 bits per heavy atom. The van der Waals surface area contributed by atoms with Gasteiger partial charge < -0.3 is 10.2 Å². The van der Waals surface area contributed by atoms with Crippen LogP contribution in [0.2, 0.25) is 0 Å². The average Bonchev–Trinajstić information content (AvgIpc) is 3.30. The van der Waals surface area contributed by atoms with Gasteiger partial charge in [-0.05, 0) is 55.8 Å². The molecule has 0 heterocycles. The van der Waals surface area contributed by atoms with Crippen molar-refractivity contribution in [3.8, 4) is 0 Å². The average molecular weight is 353 g/mol. The molecule has 0 atom stereocenters. The Morgan fingerprint density at radius 1 is 1.19 bits per heavy atom. The molecule has 0 saturated heterocycles. The van der Waals surface area contributed by atoms with E-state index in [4.69, 9.17) is 0 Å². The summed E-state index contributed by atoms with van der Waals surface area (Å²) in [6.07, 6.45) is 5.23. The molecular formula is C18H29BrN2. The van der Waals surface area contributed by atoms with Gasteiger partial charge in [-0.15, -0.1) is 0 Å². The molecule has 1 saturated carbocycles. The van der Waals surface area contributed by atoms with Gasteiger partial charge >= 0.3 is 0 Å². The van der Waals surface area contributed by atoms with Crippen LogP contribution < -0.4 is 5.32 Å². The maximum atomic E-state index is 3.74. The monoisotopic (exact) mass is 352 g/mol. The first kappa shape index (κ1) is 17.0. The van der Waals surface area contributed by atoms with E-state index in [-0.39, 0.29) is 0 Å². The van der Waals surface area contributed by atoms with Crippen molar-refractivity contribution in [2.24, 2.45) is 5.41 Å². The number of hydrogen-bond donors (Lipinski definition) is 1. The molecule has 1 aliphatic carbocycles. The number of hydrogen-bond acceptors (Lipinski definition) is 2. The molecule has 1 aromatic carbocycles. The molecule has 3 heteroatoms. The molecule has 0 unspecified atom stereocenters. The second-order valence-electron chi connectivity index (χ2n) is 6.66. The van der Waals surface area contributed by atoms with Crippen LogP contribution in [0.1, 0.15) is 45.1 Å². The third-order valence-corrected chi connectivity index (χ3v) is 5.34. The molecule has 21 heavy (non-hydrogen) atoms. The predicted molar refractivity (Wildman–Crippen MR) is 94.5 cm³/mol. The van der Waals surface area contributed by atoms with Crippen molar-refractivity contribution in [1.29, 1.82) is 0 Å². The first-order chi connectivity index (χ1) is 10.1. The third-order valence-electron chi connectivity index (χ3n) is 4.81. The van der Waals surface area contributed by atoms with E-state index in [1.54, 1.807) is 0 Å². The Labute approximate surface area is 138 Å². The molecule has 0 bridgehead atoms. The normalized spacial score (nSPS) is 15.7. The highest BCUT2D eigenvalue weighted by molar-refractivity contribution is 9.10.